The van der Waals surface area contributed by atoms with E-state index in [0.29, 0.717) is 24.4 Å². The summed E-state index contributed by atoms with van der Waals surface area (Å²) >= 11 is 0. The summed E-state index contributed by atoms with van der Waals surface area (Å²) in [4.78, 5) is 44.2. The van der Waals surface area contributed by atoms with Gasteiger partial charge in [0.1, 0.15) is 17.7 Å². The first-order valence-corrected chi connectivity index (χ1v) is 16.3. The number of amides is 3. The van der Waals surface area contributed by atoms with Crippen molar-refractivity contribution in [3.8, 4) is 0 Å². The molecule has 2 N–H and O–H groups in total. The maximum Gasteiger partial charge on any atom is 0.408 e. The van der Waals surface area contributed by atoms with Crippen LogP contribution in [0.5, 0.6) is 0 Å². The molecule has 3 rings (SSSR count). The van der Waals surface area contributed by atoms with Crippen LogP contribution in [0.4, 0.5) is 10.5 Å². The van der Waals surface area contributed by atoms with Gasteiger partial charge in [0.2, 0.25) is 5.91 Å². The highest BCUT2D eigenvalue weighted by atomic mass is 16.6. The normalized spacial score (nSPS) is 14.4. The van der Waals surface area contributed by atoms with E-state index in [-0.39, 0.29) is 23.8 Å². The molecule has 4 atom stereocenters. The van der Waals surface area contributed by atoms with E-state index in [1.807, 2.05) is 95.3 Å². The number of carbonyl (C=O) groups is 3. The SMILES string of the molecule is CCC(C)C(NC(=O)OC(C)(C)C)C(=O)N(C(C)CCC(C)C)C(C(=O)Nc1ccc2ccccc2c1)c1cc(C)ccc1C. The van der Waals surface area contributed by atoms with Crippen LogP contribution in [0.15, 0.2) is 60.7 Å². The number of hydrogen-bond acceptors (Lipinski definition) is 4. The molecule has 0 bridgehead atoms. The van der Waals surface area contributed by atoms with Crippen molar-refractivity contribution in [2.24, 2.45) is 11.8 Å². The van der Waals surface area contributed by atoms with Crippen molar-refractivity contribution in [1.82, 2.24) is 10.2 Å². The smallest absolute Gasteiger partial charge is 0.408 e. The third-order valence-electron chi connectivity index (χ3n) is 8.32. The molecule has 3 amide bonds. The van der Waals surface area contributed by atoms with Gasteiger partial charge in [0, 0.05) is 11.7 Å². The molecular formula is C38H53N3O4. The summed E-state index contributed by atoms with van der Waals surface area (Å²) in [5.74, 6) is -0.386. The average Bonchev–Trinajstić information content (AvgIpc) is 2.97. The van der Waals surface area contributed by atoms with E-state index in [1.165, 1.54) is 0 Å². The summed E-state index contributed by atoms with van der Waals surface area (Å²) < 4.78 is 5.57. The molecule has 0 aromatic heterocycles. The monoisotopic (exact) mass is 615 g/mol. The Morgan fingerprint density at radius 3 is 2.16 bits per heavy atom. The molecule has 0 aliphatic rings. The van der Waals surface area contributed by atoms with Crippen LogP contribution in [-0.2, 0) is 14.3 Å². The third-order valence-corrected chi connectivity index (χ3v) is 8.32. The first-order valence-electron chi connectivity index (χ1n) is 16.3. The molecule has 244 valence electrons. The number of nitrogens with one attached hydrogen (secondary N) is 2. The molecule has 0 fully saturated rings. The van der Waals surface area contributed by atoms with Crippen LogP contribution in [0.2, 0.25) is 0 Å². The van der Waals surface area contributed by atoms with E-state index < -0.39 is 23.8 Å². The minimum atomic E-state index is -0.932. The van der Waals surface area contributed by atoms with Gasteiger partial charge in [-0.1, -0.05) is 88.2 Å². The predicted molar refractivity (Wildman–Crippen MR) is 184 cm³/mol. The topological polar surface area (TPSA) is 87.7 Å². The van der Waals surface area contributed by atoms with Crippen LogP contribution >= 0.6 is 0 Å². The first kappa shape index (κ1) is 35.6. The summed E-state index contributed by atoms with van der Waals surface area (Å²) in [5.41, 5.74) is 2.60. The number of fused-ring (bicyclic) bond motifs is 1. The number of benzene rings is 3. The molecule has 0 radical (unpaired) electrons. The zero-order valence-corrected chi connectivity index (χ0v) is 28.9. The summed E-state index contributed by atoms with van der Waals surface area (Å²) in [5, 5.41) is 8.11. The number of anilines is 1. The van der Waals surface area contributed by atoms with Gasteiger partial charge >= 0.3 is 6.09 Å². The first-order chi connectivity index (χ1) is 21.1. The van der Waals surface area contributed by atoms with Crippen LogP contribution in [0.1, 0.15) is 97.4 Å². The molecule has 45 heavy (non-hydrogen) atoms. The fraction of sp³-hybridized carbons (Fsp3) is 0.500. The standard InChI is InChI=1S/C38H53N3O4/c1-11-26(5)33(40-37(44)45-38(8,9)10)36(43)41(28(7)19-16-24(2)3)34(32-22-25(4)17-18-27(32)6)35(42)39-31-21-20-29-14-12-13-15-30(29)23-31/h12-15,17-18,20-24,26,28,33-34H,11,16,19H2,1-10H3,(H,39,42)(H,40,44). The summed E-state index contributed by atoms with van der Waals surface area (Å²) in [6.07, 6.45) is 1.58. The van der Waals surface area contributed by atoms with Crippen LogP contribution < -0.4 is 10.6 Å². The number of ether oxygens (including phenoxy) is 1. The molecule has 7 nitrogen and oxygen atoms in total. The molecule has 0 heterocycles. The van der Waals surface area contributed by atoms with Gasteiger partial charge in [0.05, 0.1) is 0 Å². The molecule has 3 aromatic rings. The minimum Gasteiger partial charge on any atom is -0.444 e. The predicted octanol–water partition coefficient (Wildman–Crippen LogP) is 8.73. The summed E-state index contributed by atoms with van der Waals surface area (Å²) in [7, 11) is 0. The van der Waals surface area contributed by atoms with Crippen LogP contribution in [0.3, 0.4) is 0 Å². The Balaban J connectivity index is 2.16. The lowest BCUT2D eigenvalue weighted by molar-refractivity contribution is -0.144. The second-order valence-corrected chi connectivity index (χ2v) is 13.9. The highest BCUT2D eigenvalue weighted by Crippen LogP contribution is 2.32. The number of rotatable bonds is 12. The van der Waals surface area contributed by atoms with E-state index in [4.69, 9.17) is 4.74 Å². The highest BCUT2D eigenvalue weighted by Gasteiger charge is 2.41. The Hall–Kier alpha value is -3.87. The second kappa shape index (κ2) is 15.4. The number of alkyl carbamates (subject to hydrolysis) is 1. The van der Waals surface area contributed by atoms with Crippen LogP contribution in [0, 0.1) is 25.7 Å². The van der Waals surface area contributed by atoms with Crippen LogP contribution in [-0.4, -0.2) is 40.5 Å². The van der Waals surface area contributed by atoms with Gasteiger partial charge in [-0.05, 0) is 100 Å². The van der Waals surface area contributed by atoms with Gasteiger partial charge in [-0.2, -0.15) is 0 Å². The van der Waals surface area contributed by atoms with Gasteiger partial charge in [-0.15, -0.1) is 0 Å². The third kappa shape index (κ3) is 9.81. The number of aryl methyl sites for hydroxylation is 2. The Kier molecular flexibility index (Phi) is 12.2. The number of carbonyl (C=O) groups excluding carboxylic acids is 3. The van der Waals surface area contributed by atoms with E-state index in [9.17, 15) is 14.4 Å². The lowest BCUT2D eigenvalue weighted by atomic mass is 9.91. The van der Waals surface area contributed by atoms with E-state index in [0.717, 1.165) is 33.9 Å². The van der Waals surface area contributed by atoms with Crippen molar-refractivity contribution in [1.29, 1.82) is 0 Å². The minimum absolute atomic E-state index is 0.201. The molecule has 0 saturated carbocycles. The molecule has 0 saturated heterocycles. The van der Waals surface area contributed by atoms with Crippen molar-refractivity contribution in [3.05, 3.63) is 77.4 Å². The second-order valence-electron chi connectivity index (χ2n) is 13.9. The molecule has 0 spiro atoms. The van der Waals surface area contributed by atoms with Crippen molar-refractivity contribution >= 4 is 34.4 Å². The van der Waals surface area contributed by atoms with Crippen LogP contribution in [0.25, 0.3) is 10.8 Å². The van der Waals surface area contributed by atoms with Gasteiger partial charge in [0.15, 0.2) is 0 Å². The van der Waals surface area contributed by atoms with E-state index >= 15 is 0 Å². The zero-order valence-electron chi connectivity index (χ0n) is 28.9. The number of hydrogen-bond donors (Lipinski definition) is 2. The lowest BCUT2D eigenvalue weighted by Crippen LogP contribution is -2.57. The average molecular weight is 616 g/mol. The van der Waals surface area contributed by atoms with Crippen molar-refractivity contribution in [2.45, 2.75) is 112 Å². The largest absolute Gasteiger partial charge is 0.444 e. The van der Waals surface area contributed by atoms with Crippen molar-refractivity contribution in [3.63, 3.8) is 0 Å². The van der Waals surface area contributed by atoms with Gasteiger partial charge in [-0.25, -0.2) is 4.79 Å². The maximum atomic E-state index is 14.8. The molecule has 4 unspecified atom stereocenters. The summed E-state index contributed by atoms with van der Waals surface area (Å²) in [6, 6.07) is 17.7. The fourth-order valence-corrected chi connectivity index (χ4v) is 5.54. The molecule has 0 aliphatic carbocycles. The maximum absolute atomic E-state index is 14.8. The Morgan fingerprint density at radius 2 is 1.53 bits per heavy atom. The van der Waals surface area contributed by atoms with Gasteiger partial charge in [0.25, 0.3) is 5.91 Å². The van der Waals surface area contributed by atoms with Gasteiger partial charge < -0.3 is 20.3 Å². The quantitative estimate of drug-likeness (QED) is 0.213. The highest BCUT2D eigenvalue weighted by molar-refractivity contribution is 6.00. The Morgan fingerprint density at radius 1 is 0.867 bits per heavy atom. The molecule has 0 aliphatic heterocycles. The Bertz CT molecular complexity index is 1480. The van der Waals surface area contributed by atoms with E-state index in [1.54, 1.807) is 25.7 Å². The summed E-state index contributed by atoms with van der Waals surface area (Å²) in [6.45, 7) is 19.6. The Labute approximate surface area is 270 Å². The van der Waals surface area contributed by atoms with Crippen molar-refractivity contribution in [2.75, 3.05) is 5.32 Å². The zero-order chi connectivity index (χ0) is 33.5. The van der Waals surface area contributed by atoms with E-state index in [2.05, 4.69) is 24.5 Å². The van der Waals surface area contributed by atoms with Gasteiger partial charge in [-0.3, -0.25) is 9.59 Å². The molecule has 3 aromatic carbocycles. The fourth-order valence-electron chi connectivity index (χ4n) is 5.54. The van der Waals surface area contributed by atoms with Crippen molar-refractivity contribution < 1.29 is 19.1 Å². The lowest BCUT2D eigenvalue weighted by Gasteiger charge is -2.40. The molecule has 7 heteroatoms. The molecular weight excluding hydrogens is 562 g/mol. The number of nitrogens with zero attached hydrogens (tertiary/aromatic N) is 1.